The molecule has 0 heterocycles. The molecule has 0 aromatic heterocycles. The molecule has 0 saturated carbocycles. The summed E-state index contributed by atoms with van der Waals surface area (Å²) < 4.78 is 13.2. The quantitative estimate of drug-likeness (QED) is 0.473. The van der Waals surface area contributed by atoms with Gasteiger partial charge in [-0.3, -0.25) is 14.9 Å². The molecule has 0 aliphatic carbocycles. The van der Waals surface area contributed by atoms with E-state index in [1.54, 1.807) is 0 Å². The van der Waals surface area contributed by atoms with Crippen LogP contribution in [-0.2, 0) is 4.79 Å². The van der Waals surface area contributed by atoms with Crippen LogP contribution in [0.1, 0.15) is 12.8 Å². The zero-order valence-electron chi connectivity index (χ0n) is 9.15. The van der Waals surface area contributed by atoms with Gasteiger partial charge in [-0.25, -0.2) is 4.39 Å². The molecular weight excluding hydrogens is 267 g/mol. The normalized spacial score (nSPS) is 10.1. The molecule has 1 aromatic rings. The summed E-state index contributed by atoms with van der Waals surface area (Å²) in [5.41, 5.74) is -0.371. The van der Waals surface area contributed by atoms with Crippen molar-refractivity contribution in [3.05, 3.63) is 33.1 Å². The molecule has 18 heavy (non-hydrogen) atoms. The van der Waals surface area contributed by atoms with Gasteiger partial charge in [0.05, 0.1) is 9.95 Å². The molecule has 0 aliphatic heterocycles. The fraction of sp³-hybridized carbons (Fsp3) is 0.300. The fourth-order valence-electron chi connectivity index (χ4n) is 1.29. The molecule has 8 heteroatoms. The highest BCUT2D eigenvalue weighted by Crippen LogP contribution is 2.30. The van der Waals surface area contributed by atoms with Crippen molar-refractivity contribution in [3.8, 4) is 0 Å². The first kappa shape index (κ1) is 14.2. The van der Waals surface area contributed by atoms with E-state index >= 15 is 0 Å². The number of carboxylic acid groups (broad SMARTS) is 1. The molecule has 0 radical (unpaired) electrons. The van der Waals surface area contributed by atoms with Crippen molar-refractivity contribution in [2.75, 3.05) is 11.9 Å². The van der Waals surface area contributed by atoms with Crippen LogP contribution < -0.4 is 5.32 Å². The zero-order chi connectivity index (χ0) is 13.7. The van der Waals surface area contributed by atoms with Crippen LogP contribution in [0.5, 0.6) is 0 Å². The predicted octanol–water partition coefficient (Wildman–Crippen LogP) is 2.66. The van der Waals surface area contributed by atoms with Gasteiger partial charge in [-0.2, -0.15) is 0 Å². The van der Waals surface area contributed by atoms with Gasteiger partial charge in [0.25, 0.3) is 5.69 Å². The maximum atomic E-state index is 13.2. The third-order valence-corrected chi connectivity index (χ3v) is 2.41. The van der Waals surface area contributed by atoms with Gasteiger partial charge in [0.2, 0.25) is 0 Å². The summed E-state index contributed by atoms with van der Waals surface area (Å²) in [5, 5.41) is 21.4. The molecule has 0 unspecified atom stereocenters. The minimum absolute atomic E-state index is 0.0210. The highest BCUT2D eigenvalue weighted by atomic mass is 35.5. The van der Waals surface area contributed by atoms with Crippen LogP contribution in [0.4, 0.5) is 15.8 Å². The number of halogens is 2. The third-order valence-electron chi connectivity index (χ3n) is 2.12. The monoisotopic (exact) mass is 276 g/mol. The molecule has 0 atom stereocenters. The number of nitrogens with zero attached hydrogens (tertiary/aromatic N) is 1. The second-order valence-electron chi connectivity index (χ2n) is 3.46. The molecule has 6 nitrogen and oxygen atoms in total. The first-order valence-electron chi connectivity index (χ1n) is 5.01. The Morgan fingerprint density at radius 2 is 2.22 bits per heavy atom. The van der Waals surface area contributed by atoms with E-state index in [0.29, 0.717) is 0 Å². The molecule has 98 valence electrons. The predicted molar refractivity (Wildman–Crippen MR) is 63.4 cm³/mol. The van der Waals surface area contributed by atoms with Crippen molar-refractivity contribution in [2.45, 2.75) is 12.8 Å². The first-order chi connectivity index (χ1) is 8.41. The summed E-state index contributed by atoms with van der Waals surface area (Å²) in [5.74, 6) is -1.74. The van der Waals surface area contributed by atoms with E-state index < -0.39 is 16.7 Å². The van der Waals surface area contributed by atoms with Crippen molar-refractivity contribution in [1.82, 2.24) is 0 Å². The van der Waals surface area contributed by atoms with Crippen LogP contribution in [0.3, 0.4) is 0 Å². The Bertz CT molecular complexity index is 481. The third kappa shape index (κ3) is 3.85. The van der Waals surface area contributed by atoms with E-state index in [1.165, 1.54) is 0 Å². The molecule has 0 aliphatic rings. The minimum Gasteiger partial charge on any atom is -0.481 e. The number of aliphatic carboxylic acids is 1. The number of nitro benzene ring substituents is 1. The average molecular weight is 277 g/mol. The number of carboxylic acids is 1. The highest BCUT2D eigenvalue weighted by molar-refractivity contribution is 6.31. The summed E-state index contributed by atoms with van der Waals surface area (Å²) in [6.45, 7) is 0.189. The molecule has 0 spiro atoms. The molecule has 1 rings (SSSR count). The number of carbonyl (C=O) groups is 1. The Labute approximate surface area is 107 Å². The number of benzene rings is 1. The van der Waals surface area contributed by atoms with Gasteiger partial charge in [-0.15, -0.1) is 0 Å². The van der Waals surface area contributed by atoms with Crippen molar-refractivity contribution < 1.29 is 19.2 Å². The maximum absolute atomic E-state index is 13.2. The van der Waals surface area contributed by atoms with Gasteiger partial charge >= 0.3 is 5.97 Å². The SMILES string of the molecule is O=C(O)CCCNc1cc(F)c(Cl)cc1[N+](=O)[O-]. The van der Waals surface area contributed by atoms with E-state index in [0.717, 1.165) is 12.1 Å². The summed E-state index contributed by atoms with van der Waals surface area (Å²) in [4.78, 5) is 20.3. The van der Waals surface area contributed by atoms with E-state index in [-0.39, 0.29) is 35.8 Å². The topological polar surface area (TPSA) is 92.5 Å². The standard InChI is InChI=1S/C10H10ClFN2O4/c11-6-4-9(14(17)18)8(5-7(6)12)13-3-1-2-10(15)16/h4-5,13H,1-3H2,(H,15,16). The zero-order valence-corrected chi connectivity index (χ0v) is 9.91. The van der Waals surface area contributed by atoms with Gasteiger partial charge in [0.15, 0.2) is 0 Å². The molecule has 0 bridgehead atoms. The largest absolute Gasteiger partial charge is 0.481 e. The number of nitro groups is 1. The van der Waals surface area contributed by atoms with Crippen LogP contribution in [0.2, 0.25) is 5.02 Å². The molecular formula is C10H10ClFN2O4. The summed E-state index contributed by atoms with van der Waals surface area (Å²) >= 11 is 5.45. The van der Waals surface area contributed by atoms with E-state index in [4.69, 9.17) is 16.7 Å². The molecule has 1 aromatic carbocycles. The van der Waals surface area contributed by atoms with Crippen LogP contribution in [-0.4, -0.2) is 22.5 Å². The van der Waals surface area contributed by atoms with E-state index in [1.807, 2.05) is 0 Å². The van der Waals surface area contributed by atoms with Crippen molar-refractivity contribution in [1.29, 1.82) is 0 Å². The average Bonchev–Trinajstić information content (AvgIpc) is 2.28. The fourth-order valence-corrected chi connectivity index (χ4v) is 1.45. The number of hydrogen-bond acceptors (Lipinski definition) is 4. The van der Waals surface area contributed by atoms with E-state index in [9.17, 15) is 19.3 Å². The Morgan fingerprint density at radius 1 is 1.56 bits per heavy atom. The lowest BCUT2D eigenvalue weighted by molar-refractivity contribution is -0.384. The second-order valence-corrected chi connectivity index (χ2v) is 3.87. The van der Waals surface area contributed by atoms with Crippen LogP contribution >= 0.6 is 11.6 Å². The Balaban J connectivity index is 2.77. The number of rotatable bonds is 6. The molecule has 2 N–H and O–H groups in total. The van der Waals surface area contributed by atoms with Gasteiger partial charge in [-0.05, 0) is 6.42 Å². The summed E-state index contributed by atoms with van der Waals surface area (Å²) in [6, 6.07) is 1.83. The smallest absolute Gasteiger partial charge is 0.303 e. The number of anilines is 1. The first-order valence-corrected chi connectivity index (χ1v) is 5.38. The lowest BCUT2D eigenvalue weighted by atomic mass is 10.2. The van der Waals surface area contributed by atoms with Crippen molar-refractivity contribution in [2.24, 2.45) is 0 Å². The minimum atomic E-state index is -0.964. The Hall–Kier alpha value is -1.89. The van der Waals surface area contributed by atoms with Crippen molar-refractivity contribution >= 4 is 28.9 Å². The van der Waals surface area contributed by atoms with Crippen LogP contribution in [0.25, 0.3) is 0 Å². The number of hydrogen-bond donors (Lipinski definition) is 2. The van der Waals surface area contributed by atoms with Crippen molar-refractivity contribution in [3.63, 3.8) is 0 Å². The van der Waals surface area contributed by atoms with Gasteiger partial charge in [0.1, 0.15) is 11.5 Å². The lowest BCUT2D eigenvalue weighted by Crippen LogP contribution is -2.07. The Morgan fingerprint density at radius 3 is 2.78 bits per heavy atom. The van der Waals surface area contributed by atoms with E-state index in [2.05, 4.69) is 5.32 Å². The maximum Gasteiger partial charge on any atom is 0.303 e. The molecule has 0 amide bonds. The van der Waals surface area contributed by atoms with Gasteiger partial charge in [0, 0.05) is 25.1 Å². The van der Waals surface area contributed by atoms with Crippen LogP contribution in [0, 0.1) is 15.9 Å². The van der Waals surface area contributed by atoms with Gasteiger partial charge in [-0.1, -0.05) is 11.6 Å². The molecule has 0 saturated heterocycles. The summed E-state index contributed by atoms with van der Waals surface area (Å²) in [6.07, 6.45) is 0.202. The van der Waals surface area contributed by atoms with Crippen LogP contribution in [0.15, 0.2) is 12.1 Å². The van der Waals surface area contributed by atoms with Gasteiger partial charge < -0.3 is 10.4 Å². The number of nitrogens with one attached hydrogen (secondary N) is 1. The highest BCUT2D eigenvalue weighted by Gasteiger charge is 2.17. The second kappa shape index (κ2) is 6.15. The lowest BCUT2D eigenvalue weighted by Gasteiger charge is -2.07. The molecule has 0 fully saturated rings. The summed E-state index contributed by atoms with van der Waals surface area (Å²) in [7, 11) is 0. The Kier molecular flexibility index (Phi) is 4.85.